The molecular formula is C12H27N3O2. The van der Waals surface area contributed by atoms with E-state index in [9.17, 15) is 10.2 Å². The molecule has 1 fully saturated rings. The Labute approximate surface area is 104 Å². The second-order valence-corrected chi connectivity index (χ2v) is 5.13. The summed E-state index contributed by atoms with van der Waals surface area (Å²) in [5, 5.41) is 19.4. The summed E-state index contributed by atoms with van der Waals surface area (Å²) in [7, 11) is 1.90. The highest BCUT2D eigenvalue weighted by Crippen LogP contribution is 2.09. The molecule has 1 rings (SSSR count). The molecule has 0 unspecified atom stereocenters. The van der Waals surface area contributed by atoms with E-state index < -0.39 is 6.10 Å². The zero-order valence-corrected chi connectivity index (χ0v) is 10.9. The van der Waals surface area contributed by atoms with Crippen LogP contribution in [-0.2, 0) is 0 Å². The third-order valence-electron chi connectivity index (χ3n) is 3.23. The van der Waals surface area contributed by atoms with Crippen LogP contribution in [0.2, 0.25) is 0 Å². The van der Waals surface area contributed by atoms with Gasteiger partial charge in [0, 0.05) is 26.2 Å². The lowest BCUT2D eigenvalue weighted by molar-refractivity contribution is 0.0576. The van der Waals surface area contributed by atoms with Crippen LogP contribution < -0.4 is 5.73 Å². The molecular weight excluding hydrogens is 218 g/mol. The quantitative estimate of drug-likeness (QED) is 0.541. The smallest absolute Gasteiger partial charge is 0.0793 e. The van der Waals surface area contributed by atoms with Crippen LogP contribution in [0, 0.1) is 0 Å². The van der Waals surface area contributed by atoms with E-state index in [1.807, 2.05) is 11.9 Å². The molecule has 0 spiro atoms. The van der Waals surface area contributed by atoms with Gasteiger partial charge in [0.25, 0.3) is 0 Å². The van der Waals surface area contributed by atoms with Gasteiger partial charge in [-0.15, -0.1) is 0 Å². The van der Waals surface area contributed by atoms with Crippen molar-refractivity contribution in [3.63, 3.8) is 0 Å². The van der Waals surface area contributed by atoms with Gasteiger partial charge in [-0.25, -0.2) is 0 Å². The minimum atomic E-state index is -0.498. The van der Waals surface area contributed by atoms with Crippen molar-refractivity contribution in [2.24, 2.45) is 5.73 Å². The van der Waals surface area contributed by atoms with Crippen LogP contribution in [0.3, 0.4) is 0 Å². The predicted molar refractivity (Wildman–Crippen MR) is 68.9 cm³/mol. The van der Waals surface area contributed by atoms with Gasteiger partial charge in [-0.05, 0) is 33.0 Å². The third kappa shape index (κ3) is 6.33. The highest BCUT2D eigenvalue weighted by atomic mass is 16.3. The van der Waals surface area contributed by atoms with Gasteiger partial charge in [0.2, 0.25) is 0 Å². The van der Waals surface area contributed by atoms with Gasteiger partial charge in [-0.3, -0.25) is 0 Å². The van der Waals surface area contributed by atoms with E-state index in [1.165, 1.54) is 19.3 Å². The number of hydrogen-bond donors (Lipinski definition) is 3. The van der Waals surface area contributed by atoms with Crippen LogP contribution in [0.25, 0.3) is 0 Å². The highest BCUT2D eigenvalue weighted by Gasteiger charge is 2.16. The fourth-order valence-corrected chi connectivity index (χ4v) is 2.37. The summed E-state index contributed by atoms with van der Waals surface area (Å²) < 4.78 is 0. The Morgan fingerprint density at radius 3 is 2.29 bits per heavy atom. The lowest BCUT2D eigenvalue weighted by atomic mass is 10.1. The molecule has 0 saturated carbocycles. The Kier molecular flexibility index (Phi) is 6.99. The summed E-state index contributed by atoms with van der Waals surface area (Å²) in [6.45, 7) is 4.33. The summed E-state index contributed by atoms with van der Waals surface area (Å²) in [5.41, 5.74) is 5.35. The van der Waals surface area contributed by atoms with Crippen LogP contribution in [0.4, 0.5) is 0 Å². The molecule has 1 aliphatic heterocycles. The molecule has 1 aliphatic rings. The van der Waals surface area contributed by atoms with Crippen LogP contribution in [0.15, 0.2) is 0 Å². The van der Waals surface area contributed by atoms with E-state index in [0.717, 1.165) is 19.6 Å². The SMILES string of the molecule is CN(C[C@@H](O)CN1CCCCC1)C[C@@H](O)CN. The fraction of sp³-hybridized carbons (Fsp3) is 1.00. The molecule has 0 radical (unpaired) electrons. The second kappa shape index (κ2) is 8.00. The van der Waals surface area contributed by atoms with E-state index >= 15 is 0 Å². The van der Waals surface area contributed by atoms with Gasteiger partial charge >= 0.3 is 0 Å². The Morgan fingerprint density at radius 1 is 1.12 bits per heavy atom. The Morgan fingerprint density at radius 2 is 1.71 bits per heavy atom. The molecule has 0 aromatic rings. The van der Waals surface area contributed by atoms with E-state index in [4.69, 9.17) is 5.73 Å². The number of piperidine rings is 1. The Hall–Kier alpha value is -0.200. The average molecular weight is 245 g/mol. The number of aliphatic hydroxyl groups is 2. The van der Waals surface area contributed by atoms with Crippen molar-refractivity contribution in [1.82, 2.24) is 9.80 Å². The first-order chi connectivity index (χ1) is 8.11. The number of nitrogens with two attached hydrogens (primary N) is 1. The molecule has 1 heterocycles. The normalized spacial score (nSPS) is 21.7. The Balaban J connectivity index is 2.16. The summed E-state index contributed by atoms with van der Waals surface area (Å²) in [6, 6.07) is 0. The van der Waals surface area contributed by atoms with Crippen LogP contribution in [-0.4, -0.2) is 78.5 Å². The van der Waals surface area contributed by atoms with Crippen molar-refractivity contribution in [3.8, 4) is 0 Å². The van der Waals surface area contributed by atoms with Gasteiger partial charge in [0.1, 0.15) is 0 Å². The second-order valence-electron chi connectivity index (χ2n) is 5.13. The van der Waals surface area contributed by atoms with Gasteiger partial charge < -0.3 is 25.7 Å². The predicted octanol–water partition coefficient (Wildman–Crippen LogP) is -0.915. The number of rotatable bonds is 7. The van der Waals surface area contributed by atoms with Gasteiger partial charge in [-0.1, -0.05) is 6.42 Å². The first kappa shape index (κ1) is 14.9. The fourth-order valence-electron chi connectivity index (χ4n) is 2.37. The summed E-state index contributed by atoms with van der Waals surface area (Å²) in [6.07, 6.45) is 2.96. The maximum atomic E-state index is 9.96. The van der Waals surface area contributed by atoms with E-state index in [0.29, 0.717) is 13.1 Å². The lowest BCUT2D eigenvalue weighted by Crippen LogP contribution is -2.43. The monoisotopic (exact) mass is 245 g/mol. The molecule has 5 nitrogen and oxygen atoms in total. The number of likely N-dealkylation sites (tertiary alicyclic amines) is 1. The molecule has 2 atom stereocenters. The maximum Gasteiger partial charge on any atom is 0.0793 e. The number of likely N-dealkylation sites (N-methyl/N-ethyl adjacent to an activating group) is 1. The van der Waals surface area contributed by atoms with Crippen molar-refractivity contribution < 1.29 is 10.2 Å². The Bertz CT molecular complexity index is 198. The van der Waals surface area contributed by atoms with Crippen LogP contribution in [0.1, 0.15) is 19.3 Å². The molecule has 4 N–H and O–H groups in total. The number of nitrogens with zero attached hydrogens (tertiary/aromatic N) is 2. The maximum absolute atomic E-state index is 9.96. The number of aliphatic hydroxyl groups excluding tert-OH is 2. The zero-order valence-electron chi connectivity index (χ0n) is 10.9. The molecule has 0 bridgehead atoms. The topological polar surface area (TPSA) is 73.0 Å². The first-order valence-corrected chi connectivity index (χ1v) is 6.59. The summed E-state index contributed by atoms with van der Waals surface area (Å²) >= 11 is 0. The van der Waals surface area contributed by atoms with Gasteiger partial charge in [0.15, 0.2) is 0 Å². The minimum absolute atomic E-state index is 0.270. The van der Waals surface area contributed by atoms with E-state index in [1.54, 1.807) is 0 Å². The third-order valence-corrected chi connectivity index (χ3v) is 3.23. The number of β-amino-alcohol motifs (C(OH)–C–C–N with tert-alkyl or cyclic N) is 1. The molecule has 0 aromatic heterocycles. The molecule has 0 aliphatic carbocycles. The summed E-state index contributed by atoms with van der Waals surface area (Å²) in [5.74, 6) is 0. The van der Waals surface area contributed by atoms with Gasteiger partial charge in [0.05, 0.1) is 12.2 Å². The average Bonchev–Trinajstić information content (AvgIpc) is 2.29. The van der Waals surface area contributed by atoms with Crippen molar-refractivity contribution in [2.75, 3.05) is 46.3 Å². The molecule has 5 heteroatoms. The molecule has 17 heavy (non-hydrogen) atoms. The summed E-state index contributed by atoms with van der Waals surface area (Å²) in [4.78, 5) is 4.26. The molecule has 0 aromatic carbocycles. The molecule has 1 saturated heterocycles. The largest absolute Gasteiger partial charge is 0.390 e. The van der Waals surface area contributed by atoms with Crippen molar-refractivity contribution in [3.05, 3.63) is 0 Å². The highest BCUT2D eigenvalue weighted by molar-refractivity contribution is 4.72. The molecule has 0 amide bonds. The van der Waals surface area contributed by atoms with Gasteiger partial charge in [-0.2, -0.15) is 0 Å². The van der Waals surface area contributed by atoms with E-state index in [-0.39, 0.29) is 12.6 Å². The first-order valence-electron chi connectivity index (χ1n) is 6.59. The lowest BCUT2D eigenvalue weighted by Gasteiger charge is -2.30. The van der Waals surface area contributed by atoms with Crippen molar-refractivity contribution in [2.45, 2.75) is 31.5 Å². The minimum Gasteiger partial charge on any atom is -0.390 e. The standard InChI is InChI=1S/C12H27N3O2/c1-14(8-11(16)7-13)9-12(17)10-15-5-3-2-4-6-15/h11-12,16-17H,2-10,13H2,1H3/t11-,12+/m0/s1. The van der Waals surface area contributed by atoms with Crippen LogP contribution in [0.5, 0.6) is 0 Å². The van der Waals surface area contributed by atoms with Crippen molar-refractivity contribution in [1.29, 1.82) is 0 Å². The molecule has 102 valence electrons. The van der Waals surface area contributed by atoms with E-state index in [2.05, 4.69) is 4.90 Å². The number of hydrogen-bond acceptors (Lipinski definition) is 5. The van der Waals surface area contributed by atoms with Crippen molar-refractivity contribution >= 4 is 0 Å². The zero-order chi connectivity index (χ0) is 12.7. The van der Waals surface area contributed by atoms with Crippen LogP contribution >= 0.6 is 0 Å².